The lowest BCUT2D eigenvalue weighted by Gasteiger charge is -2.33. The third-order valence-electron chi connectivity index (χ3n) is 1.77. The number of nitrogens with two attached hydrogens (primary N) is 1. The second-order valence-electron chi connectivity index (χ2n) is 2.69. The zero-order chi connectivity index (χ0) is 7.72. The Kier molecular flexibility index (Phi) is 2.25. The van der Waals surface area contributed by atoms with Gasteiger partial charge >= 0.3 is 0 Å². The zero-order valence-electron chi connectivity index (χ0n) is 5.90. The van der Waals surface area contributed by atoms with Crippen LogP contribution in [-0.4, -0.2) is 34.8 Å². The fraction of sp³-hybridized carbons (Fsp3) is 1.00. The molecule has 0 spiro atoms. The number of hydrogen-bond donors (Lipinski definition) is 3. The molecule has 1 saturated heterocycles. The maximum Gasteiger partial charge on any atom is 0.156 e. The maximum atomic E-state index is 9.20. The average molecular weight is 147 g/mol. The Bertz CT molecular complexity index is 108. The van der Waals surface area contributed by atoms with Gasteiger partial charge in [-0.25, -0.2) is 0 Å². The molecule has 4 heteroatoms. The van der Waals surface area contributed by atoms with Crippen molar-refractivity contribution in [2.75, 3.05) is 0 Å². The van der Waals surface area contributed by atoms with Gasteiger partial charge in [0.2, 0.25) is 0 Å². The predicted molar refractivity (Wildman–Crippen MR) is 35.2 cm³/mol. The number of aliphatic hydroxyl groups excluding tert-OH is 2. The summed E-state index contributed by atoms with van der Waals surface area (Å²) < 4.78 is 4.89. The predicted octanol–water partition coefficient (Wildman–Crippen LogP) is -1.20. The van der Waals surface area contributed by atoms with E-state index in [0.29, 0.717) is 6.42 Å². The molecule has 1 rings (SSSR count). The van der Waals surface area contributed by atoms with Gasteiger partial charge in [-0.15, -0.1) is 0 Å². The molecule has 1 heterocycles. The van der Waals surface area contributed by atoms with Crippen molar-refractivity contribution < 1.29 is 14.9 Å². The molecule has 0 saturated carbocycles. The third-order valence-corrected chi connectivity index (χ3v) is 1.77. The molecule has 60 valence electrons. The molecule has 0 aromatic heterocycles. The van der Waals surface area contributed by atoms with E-state index in [9.17, 15) is 5.11 Å². The van der Waals surface area contributed by atoms with Crippen LogP contribution in [0.15, 0.2) is 0 Å². The van der Waals surface area contributed by atoms with Gasteiger partial charge in [0.05, 0.1) is 12.2 Å². The summed E-state index contributed by atoms with van der Waals surface area (Å²) in [7, 11) is 0. The molecule has 0 radical (unpaired) electrons. The van der Waals surface area contributed by atoms with Crippen molar-refractivity contribution >= 4 is 0 Å². The van der Waals surface area contributed by atoms with Gasteiger partial charge < -0.3 is 20.7 Å². The minimum absolute atomic E-state index is 0.311. The zero-order valence-corrected chi connectivity index (χ0v) is 5.90. The van der Waals surface area contributed by atoms with Gasteiger partial charge in [0.15, 0.2) is 6.29 Å². The van der Waals surface area contributed by atoms with E-state index >= 15 is 0 Å². The SMILES string of the molecule is CC1O[C@@H](O)CC(N)C1O. The molecule has 0 bridgehead atoms. The van der Waals surface area contributed by atoms with Crippen molar-refractivity contribution in [3.63, 3.8) is 0 Å². The fourth-order valence-electron chi connectivity index (χ4n) is 1.10. The third kappa shape index (κ3) is 1.46. The van der Waals surface area contributed by atoms with E-state index in [2.05, 4.69) is 0 Å². The fourth-order valence-corrected chi connectivity index (χ4v) is 1.10. The van der Waals surface area contributed by atoms with Crippen LogP contribution in [0.3, 0.4) is 0 Å². The molecule has 4 atom stereocenters. The molecule has 10 heavy (non-hydrogen) atoms. The summed E-state index contributed by atoms with van der Waals surface area (Å²) in [6.07, 6.45) is -1.51. The van der Waals surface area contributed by atoms with Crippen LogP contribution in [0, 0.1) is 0 Å². The van der Waals surface area contributed by atoms with Crippen LogP contribution >= 0.6 is 0 Å². The quantitative estimate of drug-likeness (QED) is 0.402. The molecule has 3 unspecified atom stereocenters. The molecule has 4 nitrogen and oxygen atoms in total. The van der Waals surface area contributed by atoms with Crippen molar-refractivity contribution in [1.82, 2.24) is 0 Å². The summed E-state index contributed by atoms with van der Waals surface area (Å²) in [5.41, 5.74) is 5.47. The molecule has 1 aliphatic heterocycles. The van der Waals surface area contributed by atoms with E-state index in [0.717, 1.165) is 0 Å². The second kappa shape index (κ2) is 2.84. The van der Waals surface area contributed by atoms with Crippen molar-refractivity contribution in [1.29, 1.82) is 0 Å². The van der Waals surface area contributed by atoms with Crippen LogP contribution in [0.2, 0.25) is 0 Å². The molecule has 1 aliphatic rings. The van der Waals surface area contributed by atoms with Crippen LogP contribution in [-0.2, 0) is 4.74 Å². The lowest BCUT2D eigenvalue weighted by atomic mass is 10.0. The monoisotopic (exact) mass is 147 g/mol. The van der Waals surface area contributed by atoms with E-state index in [4.69, 9.17) is 15.6 Å². The molecule has 0 aliphatic carbocycles. The van der Waals surface area contributed by atoms with Crippen LogP contribution in [0.4, 0.5) is 0 Å². The summed E-state index contributed by atoms with van der Waals surface area (Å²) >= 11 is 0. The van der Waals surface area contributed by atoms with E-state index in [1.54, 1.807) is 6.92 Å². The topological polar surface area (TPSA) is 75.7 Å². The highest BCUT2D eigenvalue weighted by Gasteiger charge is 2.31. The van der Waals surface area contributed by atoms with E-state index < -0.39 is 12.4 Å². The smallest absolute Gasteiger partial charge is 0.156 e. The van der Waals surface area contributed by atoms with Crippen molar-refractivity contribution in [2.45, 2.75) is 37.9 Å². The van der Waals surface area contributed by atoms with Crippen LogP contribution in [0.5, 0.6) is 0 Å². The number of aliphatic hydroxyl groups is 2. The lowest BCUT2D eigenvalue weighted by Crippen LogP contribution is -2.51. The highest BCUT2D eigenvalue weighted by molar-refractivity contribution is 4.82. The lowest BCUT2D eigenvalue weighted by molar-refractivity contribution is -0.198. The molecule has 0 aromatic carbocycles. The Morgan fingerprint density at radius 3 is 2.60 bits per heavy atom. The first-order valence-electron chi connectivity index (χ1n) is 3.38. The highest BCUT2D eigenvalue weighted by Crippen LogP contribution is 2.16. The molecular formula is C6H13NO3. The molecule has 0 amide bonds. The Hall–Kier alpha value is -0.160. The number of hydrogen-bond acceptors (Lipinski definition) is 4. The second-order valence-corrected chi connectivity index (χ2v) is 2.69. The van der Waals surface area contributed by atoms with Gasteiger partial charge in [-0.3, -0.25) is 0 Å². The normalized spacial score (nSPS) is 49.2. The Labute approximate surface area is 59.6 Å². The molecule has 0 aromatic rings. The summed E-state index contributed by atoms with van der Waals surface area (Å²) in [5, 5.41) is 18.2. The highest BCUT2D eigenvalue weighted by atomic mass is 16.6. The minimum atomic E-state index is -0.812. The molecule has 1 fully saturated rings. The van der Waals surface area contributed by atoms with E-state index in [1.165, 1.54) is 0 Å². The van der Waals surface area contributed by atoms with Crippen molar-refractivity contribution in [3.05, 3.63) is 0 Å². The standard InChI is InChI=1S/C6H13NO3/c1-3-6(9)4(7)2-5(8)10-3/h3-6,8-9H,2,7H2,1H3/t3?,4?,5-,6?/m1/s1. The maximum absolute atomic E-state index is 9.20. The van der Waals surface area contributed by atoms with E-state index in [-0.39, 0.29) is 12.1 Å². The van der Waals surface area contributed by atoms with Gasteiger partial charge in [-0.2, -0.15) is 0 Å². The summed E-state index contributed by atoms with van der Waals surface area (Å²) in [6, 6.07) is -0.362. The molecular weight excluding hydrogens is 134 g/mol. The Balaban J connectivity index is 2.49. The summed E-state index contributed by atoms with van der Waals surface area (Å²) in [6.45, 7) is 1.69. The van der Waals surface area contributed by atoms with Crippen molar-refractivity contribution in [2.24, 2.45) is 5.73 Å². The van der Waals surface area contributed by atoms with Gasteiger partial charge in [-0.1, -0.05) is 0 Å². The van der Waals surface area contributed by atoms with Crippen LogP contribution in [0.1, 0.15) is 13.3 Å². The van der Waals surface area contributed by atoms with Crippen LogP contribution in [0.25, 0.3) is 0 Å². The Morgan fingerprint density at radius 2 is 2.10 bits per heavy atom. The summed E-state index contributed by atoms with van der Waals surface area (Å²) in [5.74, 6) is 0. The van der Waals surface area contributed by atoms with Crippen LogP contribution < -0.4 is 5.73 Å². The first kappa shape index (κ1) is 7.94. The van der Waals surface area contributed by atoms with Gasteiger partial charge in [0.25, 0.3) is 0 Å². The van der Waals surface area contributed by atoms with Gasteiger partial charge in [0, 0.05) is 12.5 Å². The molecule has 4 N–H and O–H groups in total. The van der Waals surface area contributed by atoms with Crippen molar-refractivity contribution in [3.8, 4) is 0 Å². The van der Waals surface area contributed by atoms with Gasteiger partial charge in [-0.05, 0) is 6.92 Å². The summed E-state index contributed by atoms with van der Waals surface area (Å²) in [4.78, 5) is 0. The van der Waals surface area contributed by atoms with Gasteiger partial charge in [0.1, 0.15) is 0 Å². The number of rotatable bonds is 0. The largest absolute Gasteiger partial charge is 0.389 e. The Morgan fingerprint density at radius 1 is 1.50 bits per heavy atom. The first-order chi connectivity index (χ1) is 4.61. The first-order valence-corrected chi connectivity index (χ1v) is 3.38. The number of ether oxygens (including phenoxy) is 1. The average Bonchev–Trinajstić information content (AvgIpc) is 1.82. The van der Waals surface area contributed by atoms with E-state index in [1.807, 2.05) is 0 Å². The minimum Gasteiger partial charge on any atom is -0.389 e.